The summed E-state index contributed by atoms with van der Waals surface area (Å²) in [7, 11) is 0. The summed E-state index contributed by atoms with van der Waals surface area (Å²) in [6.07, 6.45) is 7.46. The first kappa shape index (κ1) is 12.0. The molecule has 1 amide bonds. The van der Waals surface area contributed by atoms with Gasteiger partial charge in [-0.05, 0) is 12.8 Å². The Balaban J connectivity index is 2.05. The Kier molecular flexibility index (Phi) is 5.83. The molecule has 1 atom stereocenters. The van der Waals surface area contributed by atoms with Crippen LogP contribution < -0.4 is 10.6 Å². The molecule has 1 aliphatic heterocycles. The summed E-state index contributed by atoms with van der Waals surface area (Å²) in [6, 6.07) is 0. The van der Waals surface area contributed by atoms with Crippen molar-refractivity contribution in [3.05, 3.63) is 0 Å². The first-order chi connectivity index (χ1) is 7.34. The van der Waals surface area contributed by atoms with Gasteiger partial charge < -0.3 is 15.4 Å². The molecule has 0 radical (unpaired) electrons. The molecule has 0 saturated carbocycles. The van der Waals surface area contributed by atoms with Gasteiger partial charge in [-0.2, -0.15) is 0 Å². The van der Waals surface area contributed by atoms with E-state index >= 15 is 0 Å². The maximum Gasteiger partial charge on any atom is 0.250 e. The summed E-state index contributed by atoms with van der Waals surface area (Å²) >= 11 is 0. The van der Waals surface area contributed by atoms with Gasteiger partial charge in [-0.25, -0.2) is 0 Å². The van der Waals surface area contributed by atoms with Crippen LogP contribution in [0, 0.1) is 12.3 Å². The minimum atomic E-state index is -0.327. The van der Waals surface area contributed by atoms with Gasteiger partial charge in [0.2, 0.25) is 5.91 Å². The highest BCUT2D eigenvalue weighted by Crippen LogP contribution is 1.97. The highest BCUT2D eigenvalue weighted by molar-refractivity contribution is 5.81. The molecule has 84 valence electrons. The molecule has 0 aromatic heterocycles. The lowest BCUT2D eigenvalue weighted by atomic mass is 10.2. The number of hydrogen-bond acceptors (Lipinski definition) is 3. The standard InChI is InChI=1S/C11H18N2O2/c1-2-3-4-5-6-13-11(14)10-9-12-7-8-15-10/h1,10,12H,3-9H2,(H,13,14). The van der Waals surface area contributed by atoms with Crippen molar-refractivity contribution in [1.82, 2.24) is 10.6 Å². The number of rotatable bonds is 5. The lowest BCUT2D eigenvalue weighted by molar-refractivity contribution is -0.134. The molecule has 1 fully saturated rings. The molecule has 15 heavy (non-hydrogen) atoms. The molecule has 4 heteroatoms. The number of unbranched alkanes of at least 4 members (excludes halogenated alkanes) is 2. The van der Waals surface area contributed by atoms with Crippen LogP contribution in [0.25, 0.3) is 0 Å². The Labute approximate surface area is 90.8 Å². The van der Waals surface area contributed by atoms with E-state index in [2.05, 4.69) is 16.6 Å². The second-order valence-electron chi connectivity index (χ2n) is 3.52. The molecule has 1 heterocycles. The van der Waals surface area contributed by atoms with Crippen LogP contribution in [0.2, 0.25) is 0 Å². The normalized spacial score (nSPS) is 20.6. The van der Waals surface area contributed by atoms with Gasteiger partial charge in [-0.15, -0.1) is 12.3 Å². The zero-order valence-electron chi connectivity index (χ0n) is 8.92. The molecule has 2 N–H and O–H groups in total. The summed E-state index contributed by atoms with van der Waals surface area (Å²) in [5, 5.41) is 5.95. The van der Waals surface area contributed by atoms with Crippen LogP contribution in [0.3, 0.4) is 0 Å². The van der Waals surface area contributed by atoms with E-state index in [1.54, 1.807) is 0 Å². The number of ether oxygens (including phenoxy) is 1. The van der Waals surface area contributed by atoms with Crippen molar-refractivity contribution in [2.75, 3.05) is 26.2 Å². The third-order valence-electron chi connectivity index (χ3n) is 2.27. The Morgan fingerprint density at radius 3 is 3.13 bits per heavy atom. The van der Waals surface area contributed by atoms with Gasteiger partial charge in [-0.1, -0.05) is 0 Å². The smallest absolute Gasteiger partial charge is 0.250 e. The number of hydrogen-bond donors (Lipinski definition) is 2. The quantitative estimate of drug-likeness (QED) is 0.492. The van der Waals surface area contributed by atoms with E-state index in [0.717, 1.165) is 25.8 Å². The van der Waals surface area contributed by atoms with Gasteiger partial charge in [-0.3, -0.25) is 4.79 Å². The summed E-state index contributed by atoms with van der Waals surface area (Å²) in [5.41, 5.74) is 0. The highest BCUT2D eigenvalue weighted by Gasteiger charge is 2.20. The Morgan fingerprint density at radius 2 is 2.47 bits per heavy atom. The Morgan fingerprint density at radius 1 is 1.60 bits per heavy atom. The second-order valence-corrected chi connectivity index (χ2v) is 3.52. The Hall–Kier alpha value is -1.05. The average molecular weight is 210 g/mol. The van der Waals surface area contributed by atoms with Crippen molar-refractivity contribution in [3.8, 4) is 12.3 Å². The number of nitrogens with one attached hydrogen (secondary N) is 2. The predicted octanol–water partition coefficient (Wildman–Crippen LogP) is -0.106. The number of carbonyl (C=O) groups excluding carboxylic acids is 1. The first-order valence-corrected chi connectivity index (χ1v) is 5.38. The molecule has 0 aromatic rings. The minimum absolute atomic E-state index is 0.0251. The van der Waals surface area contributed by atoms with Gasteiger partial charge in [0.15, 0.2) is 0 Å². The van der Waals surface area contributed by atoms with Gasteiger partial charge in [0, 0.05) is 26.1 Å². The molecule has 1 aliphatic rings. The third kappa shape index (κ3) is 4.82. The van der Waals surface area contributed by atoms with E-state index in [4.69, 9.17) is 11.2 Å². The molecule has 0 bridgehead atoms. The van der Waals surface area contributed by atoms with Crippen LogP contribution in [-0.2, 0) is 9.53 Å². The predicted molar refractivity (Wildman–Crippen MR) is 58.3 cm³/mol. The van der Waals surface area contributed by atoms with Crippen LogP contribution in [0.1, 0.15) is 19.3 Å². The Bertz CT molecular complexity index is 229. The molecule has 1 unspecified atom stereocenters. The van der Waals surface area contributed by atoms with Crippen molar-refractivity contribution in [2.24, 2.45) is 0 Å². The van der Waals surface area contributed by atoms with E-state index in [9.17, 15) is 4.79 Å². The van der Waals surface area contributed by atoms with Crippen molar-refractivity contribution < 1.29 is 9.53 Å². The maximum absolute atomic E-state index is 11.5. The van der Waals surface area contributed by atoms with E-state index in [-0.39, 0.29) is 12.0 Å². The SMILES string of the molecule is C#CCCCCNC(=O)C1CNCCO1. The van der Waals surface area contributed by atoms with Gasteiger partial charge in [0.05, 0.1) is 6.61 Å². The molecule has 1 saturated heterocycles. The monoisotopic (exact) mass is 210 g/mol. The number of amides is 1. The maximum atomic E-state index is 11.5. The van der Waals surface area contributed by atoms with Crippen LogP contribution in [0.5, 0.6) is 0 Å². The number of morpholine rings is 1. The highest BCUT2D eigenvalue weighted by atomic mass is 16.5. The van der Waals surface area contributed by atoms with Crippen LogP contribution in [0.15, 0.2) is 0 Å². The van der Waals surface area contributed by atoms with E-state index in [1.165, 1.54) is 0 Å². The number of carbonyl (C=O) groups is 1. The van der Waals surface area contributed by atoms with Crippen LogP contribution in [0.4, 0.5) is 0 Å². The molecule has 0 aromatic carbocycles. The molecule has 1 rings (SSSR count). The van der Waals surface area contributed by atoms with Crippen molar-refractivity contribution in [2.45, 2.75) is 25.4 Å². The minimum Gasteiger partial charge on any atom is -0.366 e. The van der Waals surface area contributed by atoms with Crippen molar-refractivity contribution >= 4 is 5.91 Å². The van der Waals surface area contributed by atoms with Crippen LogP contribution in [-0.4, -0.2) is 38.3 Å². The van der Waals surface area contributed by atoms with Crippen LogP contribution >= 0.6 is 0 Å². The lowest BCUT2D eigenvalue weighted by Gasteiger charge is -2.22. The molecular weight excluding hydrogens is 192 g/mol. The van der Waals surface area contributed by atoms with Gasteiger partial charge in [0.25, 0.3) is 0 Å². The molecular formula is C11H18N2O2. The lowest BCUT2D eigenvalue weighted by Crippen LogP contribution is -2.48. The molecule has 0 aliphatic carbocycles. The second kappa shape index (κ2) is 7.27. The third-order valence-corrected chi connectivity index (χ3v) is 2.27. The van der Waals surface area contributed by atoms with Crippen molar-refractivity contribution in [1.29, 1.82) is 0 Å². The summed E-state index contributed by atoms with van der Waals surface area (Å²) in [4.78, 5) is 11.5. The molecule has 0 spiro atoms. The summed E-state index contributed by atoms with van der Waals surface area (Å²) in [6.45, 7) is 2.72. The fourth-order valence-corrected chi connectivity index (χ4v) is 1.41. The van der Waals surface area contributed by atoms with Gasteiger partial charge in [0.1, 0.15) is 6.10 Å². The average Bonchev–Trinajstić information content (AvgIpc) is 2.30. The largest absolute Gasteiger partial charge is 0.366 e. The fraction of sp³-hybridized carbons (Fsp3) is 0.727. The van der Waals surface area contributed by atoms with Crippen molar-refractivity contribution in [3.63, 3.8) is 0 Å². The summed E-state index contributed by atoms with van der Waals surface area (Å²) in [5.74, 6) is 2.55. The fourth-order valence-electron chi connectivity index (χ4n) is 1.41. The zero-order chi connectivity index (χ0) is 10.9. The first-order valence-electron chi connectivity index (χ1n) is 5.38. The van der Waals surface area contributed by atoms with E-state index in [1.807, 2.05) is 0 Å². The topological polar surface area (TPSA) is 50.4 Å². The number of terminal acetylenes is 1. The van der Waals surface area contributed by atoms with E-state index < -0.39 is 0 Å². The van der Waals surface area contributed by atoms with E-state index in [0.29, 0.717) is 19.7 Å². The molecule has 4 nitrogen and oxygen atoms in total. The van der Waals surface area contributed by atoms with Gasteiger partial charge >= 0.3 is 0 Å². The summed E-state index contributed by atoms with van der Waals surface area (Å²) < 4.78 is 5.31. The zero-order valence-corrected chi connectivity index (χ0v) is 8.92.